The number of phenols is 1. The first-order chi connectivity index (χ1) is 16.2. The molecule has 0 radical (unpaired) electrons. The average molecular weight is 467 g/mol. The van der Waals surface area contributed by atoms with Gasteiger partial charge in [-0.2, -0.15) is 0 Å². The summed E-state index contributed by atoms with van der Waals surface area (Å²) in [6.07, 6.45) is 0.386. The number of hydrogen-bond donors (Lipinski definition) is 5. The molecule has 9 nitrogen and oxygen atoms in total. The van der Waals surface area contributed by atoms with Crippen LogP contribution in [0, 0.1) is 5.92 Å². The van der Waals surface area contributed by atoms with Gasteiger partial charge in [-0.15, -0.1) is 0 Å². The Kier molecular flexibility index (Phi) is 8.24. The summed E-state index contributed by atoms with van der Waals surface area (Å²) in [5, 5.41) is 20.2. The molecule has 4 amide bonds. The second-order valence-corrected chi connectivity index (χ2v) is 8.69. The maximum Gasteiger partial charge on any atom is 0.243 e. The lowest BCUT2D eigenvalue weighted by Crippen LogP contribution is -2.61. The first kappa shape index (κ1) is 24.8. The molecule has 3 rings (SSSR count). The topological polar surface area (TPSA) is 137 Å². The number of nitrogens with one attached hydrogen (secondary N) is 4. The van der Waals surface area contributed by atoms with Gasteiger partial charge in [-0.1, -0.05) is 56.3 Å². The van der Waals surface area contributed by atoms with Gasteiger partial charge in [0.1, 0.15) is 23.9 Å². The summed E-state index contributed by atoms with van der Waals surface area (Å²) < 4.78 is 0. The Morgan fingerprint density at radius 3 is 1.97 bits per heavy atom. The van der Waals surface area contributed by atoms with Gasteiger partial charge in [0, 0.05) is 12.8 Å². The number of benzene rings is 2. The second-order valence-electron chi connectivity index (χ2n) is 8.69. The normalized spacial score (nSPS) is 22.0. The van der Waals surface area contributed by atoms with Crippen molar-refractivity contribution in [1.29, 1.82) is 0 Å². The van der Waals surface area contributed by atoms with Gasteiger partial charge in [0.2, 0.25) is 23.6 Å². The van der Waals surface area contributed by atoms with Crippen LogP contribution < -0.4 is 21.3 Å². The Morgan fingerprint density at radius 1 is 0.765 bits per heavy atom. The quantitative estimate of drug-likeness (QED) is 0.435. The summed E-state index contributed by atoms with van der Waals surface area (Å²) in [4.78, 5) is 51.6. The molecule has 1 saturated heterocycles. The van der Waals surface area contributed by atoms with E-state index in [0.29, 0.717) is 5.56 Å². The highest BCUT2D eigenvalue weighted by Gasteiger charge is 2.32. The smallest absolute Gasteiger partial charge is 0.243 e. The summed E-state index contributed by atoms with van der Waals surface area (Å²) in [7, 11) is 0. The van der Waals surface area contributed by atoms with Gasteiger partial charge < -0.3 is 26.4 Å². The Hall–Kier alpha value is -3.88. The van der Waals surface area contributed by atoms with Gasteiger partial charge in [-0.05, 0) is 29.2 Å². The number of carbonyl (C=O) groups is 4. The molecule has 0 saturated carbocycles. The molecule has 2 aromatic carbocycles. The molecule has 180 valence electrons. The summed E-state index contributed by atoms with van der Waals surface area (Å²) >= 11 is 0. The first-order valence-electron chi connectivity index (χ1n) is 11.2. The van der Waals surface area contributed by atoms with Crippen molar-refractivity contribution in [2.24, 2.45) is 5.92 Å². The van der Waals surface area contributed by atoms with Crippen molar-refractivity contribution >= 4 is 23.6 Å². The van der Waals surface area contributed by atoms with Gasteiger partial charge >= 0.3 is 0 Å². The van der Waals surface area contributed by atoms with Gasteiger partial charge in [-0.3, -0.25) is 19.2 Å². The predicted molar refractivity (Wildman–Crippen MR) is 126 cm³/mol. The molecule has 2 aromatic rings. The van der Waals surface area contributed by atoms with Gasteiger partial charge in [-0.25, -0.2) is 0 Å². The maximum atomic E-state index is 13.1. The van der Waals surface area contributed by atoms with Crippen LogP contribution in [0.15, 0.2) is 54.6 Å². The van der Waals surface area contributed by atoms with Crippen LogP contribution in [0.1, 0.15) is 25.0 Å². The van der Waals surface area contributed by atoms with E-state index < -0.39 is 41.8 Å². The van der Waals surface area contributed by atoms with Crippen LogP contribution in [0.3, 0.4) is 0 Å². The van der Waals surface area contributed by atoms with E-state index in [9.17, 15) is 24.3 Å². The van der Waals surface area contributed by atoms with Crippen molar-refractivity contribution in [3.8, 4) is 5.75 Å². The molecule has 0 bridgehead atoms. The third kappa shape index (κ3) is 6.81. The molecule has 9 heteroatoms. The first-order valence-corrected chi connectivity index (χ1v) is 11.2. The number of carbonyl (C=O) groups excluding carboxylic acids is 4. The van der Waals surface area contributed by atoms with E-state index in [-0.39, 0.29) is 31.1 Å². The van der Waals surface area contributed by atoms with Crippen molar-refractivity contribution in [1.82, 2.24) is 21.3 Å². The Balaban J connectivity index is 1.83. The van der Waals surface area contributed by atoms with Crippen molar-refractivity contribution in [2.75, 3.05) is 6.54 Å². The van der Waals surface area contributed by atoms with E-state index in [1.54, 1.807) is 26.0 Å². The highest BCUT2D eigenvalue weighted by molar-refractivity contribution is 5.96. The molecule has 1 aliphatic rings. The zero-order valence-electron chi connectivity index (χ0n) is 19.2. The molecule has 0 aliphatic carbocycles. The van der Waals surface area contributed by atoms with Crippen LogP contribution in [0.25, 0.3) is 0 Å². The van der Waals surface area contributed by atoms with Crippen LogP contribution in [-0.2, 0) is 32.0 Å². The number of rotatable bonds is 5. The molecule has 1 heterocycles. The van der Waals surface area contributed by atoms with E-state index in [1.165, 1.54) is 12.1 Å². The summed E-state index contributed by atoms with van der Waals surface area (Å²) in [6.45, 7) is 3.24. The molecule has 1 fully saturated rings. The maximum absolute atomic E-state index is 13.1. The van der Waals surface area contributed by atoms with E-state index >= 15 is 0 Å². The lowest BCUT2D eigenvalue weighted by atomic mass is 9.99. The van der Waals surface area contributed by atoms with E-state index in [4.69, 9.17) is 0 Å². The standard InChI is InChI=1S/C25H30N4O5/c1-15(2)22-25(34)28-19(12-16-6-4-3-5-7-16)23(32)26-14-21(31)27-20(24(33)29-22)13-17-8-10-18(30)11-9-17/h3-11,15,19-20,22,30H,12-14H2,1-2H3,(H,26,32)(H,27,31)(H,28,34)(H,29,33)/t19-,20-,22-/m0/s1. The monoisotopic (exact) mass is 466 g/mol. The number of phenolic OH excluding ortho intramolecular Hbond substituents is 1. The minimum atomic E-state index is -0.970. The summed E-state index contributed by atoms with van der Waals surface area (Å²) in [6, 6.07) is 12.7. The SMILES string of the molecule is CC(C)[C@@H]1NC(=O)[C@H](Cc2ccc(O)cc2)NC(=O)CNC(=O)[C@H](Cc2ccccc2)NC1=O. The molecule has 0 aromatic heterocycles. The highest BCUT2D eigenvalue weighted by atomic mass is 16.3. The fourth-order valence-corrected chi connectivity index (χ4v) is 3.72. The molecular formula is C25H30N4O5. The number of amides is 4. The molecule has 3 atom stereocenters. The van der Waals surface area contributed by atoms with Crippen LogP contribution >= 0.6 is 0 Å². The molecule has 5 N–H and O–H groups in total. The fourth-order valence-electron chi connectivity index (χ4n) is 3.72. The molecular weight excluding hydrogens is 436 g/mol. The van der Waals surface area contributed by atoms with Crippen molar-refractivity contribution in [3.05, 3.63) is 65.7 Å². The van der Waals surface area contributed by atoms with Crippen LogP contribution in [-0.4, -0.2) is 53.4 Å². The van der Waals surface area contributed by atoms with Gasteiger partial charge in [0.25, 0.3) is 0 Å². The third-order valence-corrected chi connectivity index (χ3v) is 5.61. The average Bonchev–Trinajstić information content (AvgIpc) is 2.81. The van der Waals surface area contributed by atoms with E-state index in [2.05, 4.69) is 21.3 Å². The third-order valence-electron chi connectivity index (χ3n) is 5.61. The fraction of sp³-hybridized carbons (Fsp3) is 0.360. The lowest BCUT2D eigenvalue weighted by Gasteiger charge is -2.28. The molecule has 0 spiro atoms. The minimum Gasteiger partial charge on any atom is -0.508 e. The molecule has 34 heavy (non-hydrogen) atoms. The van der Waals surface area contributed by atoms with E-state index in [0.717, 1.165) is 5.56 Å². The second kappa shape index (κ2) is 11.3. The zero-order chi connectivity index (χ0) is 24.7. The number of aromatic hydroxyl groups is 1. The van der Waals surface area contributed by atoms with Crippen LogP contribution in [0.4, 0.5) is 0 Å². The minimum absolute atomic E-state index is 0.0836. The molecule has 1 aliphatic heterocycles. The Morgan fingerprint density at radius 2 is 1.35 bits per heavy atom. The van der Waals surface area contributed by atoms with Gasteiger partial charge in [0.05, 0.1) is 6.54 Å². The summed E-state index contributed by atoms with van der Waals surface area (Å²) in [5.74, 6) is -2.19. The summed E-state index contributed by atoms with van der Waals surface area (Å²) in [5.41, 5.74) is 1.56. The highest BCUT2D eigenvalue weighted by Crippen LogP contribution is 2.13. The molecule has 0 unspecified atom stereocenters. The van der Waals surface area contributed by atoms with Crippen molar-refractivity contribution in [3.63, 3.8) is 0 Å². The Labute approximate surface area is 198 Å². The zero-order valence-corrected chi connectivity index (χ0v) is 19.2. The van der Waals surface area contributed by atoms with Crippen molar-refractivity contribution in [2.45, 2.75) is 44.8 Å². The predicted octanol–water partition coefficient (Wildman–Crippen LogP) is 0.418. The van der Waals surface area contributed by atoms with E-state index in [1.807, 2.05) is 30.3 Å². The lowest BCUT2D eigenvalue weighted by molar-refractivity contribution is -0.136. The van der Waals surface area contributed by atoms with Crippen LogP contribution in [0.5, 0.6) is 5.75 Å². The Bertz CT molecular complexity index is 1020. The van der Waals surface area contributed by atoms with Gasteiger partial charge in [0.15, 0.2) is 0 Å². The largest absolute Gasteiger partial charge is 0.508 e. The van der Waals surface area contributed by atoms with Crippen molar-refractivity contribution < 1.29 is 24.3 Å². The number of hydrogen-bond acceptors (Lipinski definition) is 5. The van der Waals surface area contributed by atoms with Crippen LogP contribution in [0.2, 0.25) is 0 Å².